The van der Waals surface area contributed by atoms with Gasteiger partial charge in [-0.1, -0.05) is 33.6 Å². The molecule has 2 nitrogen and oxygen atoms in total. The third kappa shape index (κ3) is 3.40. The third-order valence-corrected chi connectivity index (χ3v) is 3.30. The molecule has 0 fully saturated rings. The molecule has 0 spiro atoms. The van der Waals surface area contributed by atoms with Crippen LogP contribution >= 0.6 is 27.5 Å². The molecule has 16 heavy (non-hydrogen) atoms. The number of alkyl halides is 1. The maximum atomic E-state index is 8.77. The molecule has 0 heterocycles. The molecular formula is C12H14BrClN2. The molecule has 1 rings (SSSR count). The molecule has 0 aliphatic carbocycles. The summed E-state index contributed by atoms with van der Waals surface area (Å²) in [4.78, 5) is 2.01. The van der Waals surface area contributed by atoms with E-state index in [4.69, 9.17) is 16.9 Å². The Labute approximate surface area is 110 Å². The van der Waals surface area contributed by atoms with Gasteiger partial charge in [0, 0.05) is 18.9 Å². The number of anilines is 1. The summed E-state index contributed by atoms with van der Waals surface area (Å²) in [5.41, 5.74) is 2.11. The van der Waals surface area contributed by atoms with E-state index in [1.165, 1.54) is 0 Å². The van der Waals surface area contributed by atoms with Gasteiger partial charge in [-0.2, -0.15) is 5.26 Å². The van der Waals surface area contributed by atoms with E-state index in [9.17, 15) is 0 Å². The Morgan fingerprint density at radius 2 is 2.25 bits per heavy atom. The fourth-order valence-electron chi connectivity index (χ4n) is 1.49. The van der Waals surface area contributed by atoms with Gasteiger partial charge in [-0.05, 0) is 24.6 Å². The summed E-state index contributed by atoms with van der Waals surface area (Å²) in [6.07, 6.45) is 0. The minimum Gasteiger partial charge on any atom is -0.372 e. The van der Waals surface area contributed by atoms with E-state index in [0.717, 1.165) is 21.6 Å². The summed E-state index contributed by atoms with van der Waals surface area (Å²) in [5, 5.41) is 10.3. The summed E-state index contributed by atoms with van der Waals surface area (Å²) in [6.45, 7) is 2.58. The zero-order valence-corrected chi connectivity index (χ0v) is 11.7. The highest BCUT2D eigenvalue weighted by Gasteiger charge is 2.09. The molecule has 0 N–H and O–H groups in total. The Hall–Kier alpha value is -0.720. The van der Waals surface area contributed by atoms with Gasteiger partial charge < -0.3 is 4.90 Å². The van der Waals surface area contributed by atoms with Crippen molar-refractivity contribution in [1.29, 1.82) is 5.26 Å². The van der Waals surface area contributed by atoms with Crippen LogP contribution in [0.5, 0.6) is 0 Å². The molecule has 86 valence electrons. The normalized spacial score (nSPS) is 11.9. The molecule has 4 heteroatoms. The van der Waals surface area contributed by atoms with Crippen LogP contribution in [0.4, 0.5) is 5.69 Å². The molecular weight excluding hydrogens is 288 g/mol. The maximum absolute atomic E-state index is 8.77. The van der Waals surface area contributed by atoms with Crippen molar-refractivity contribution in [3.8, 4) is 6.07 Å². The highest BCUT2D eigenvalue weighted by Crippen LogP contribution is 2.27. The van der Waals surface area contributed by atoms with Gasteiger partial charge in [0.15, 0.2) is 0 Å². The molecule has 1 unspecified atom stereocenters. The Morgan fingerprint density at radius 3 is 2.75 bits per heavy atom. The number of halogens is 2. The van der Waals surface area contributed by atoms with E-state index in [0.29, 0.717) is 6.54 Å². The standard InChI is InChI=1S/C12H14BrClN2/c1-9(7-15)8-16(2)12-4-3-10(6-13)5-11(12)14/h3-5,9H,6,8H2,1-2H3. The third-order valence-electron chi connectivity index (χ3n) is 2.35. The zero-order chi connectivity index (χ0) is 12.1. The highest BCUT2D eigenvalue weighted by atomic mass is 79.9. The van der Waals surface area contributed by atoms with Crippen LogP contribution in [0.3, 0.4) is 0 Å². The first kappa shape index (κ1) is 13.3. The number of hydrogen-bond acceptors (Lipinski definition) is 2. The number of hydrogen-bond donors (Lipinski definition) is 0. The van der Waals surface area contributed by atoms with Crippen molar-refractivity contribution in [2.45, 2.75) is 12.3 Å². The summed E-state index contributed by atoms with van der Waals surface area (Å²) in [7, 11) is 1.95. The largest absolute Gasteiger partial charge is 0.372 e. The second-order valence-electron chi connectivity index (χ2n) is 3.83. The van der Waals surface area contributed by atoms with Crippen molar-refractivity contribution < 1.29 is 0 Å². The van der Waals surface area contributed by atoms with E-state index in [2.05, 4.69) is 22.0 Å². The van der Waals surface area contributed by atoms with E-state index in [1.807, 2.05) is 37.1 Å². The zero-order valence-electron chi connectivity index (χ0n) is 9.37. The minimum atomic E-state index is -0.00285. The monoisotopic (exact) mass is 300 g/mol. The fourth-order valence-corrected chi connectivity index (χ4v) is 2.19. The predicted octanol–water partition coefficient (Wildman–Crippen LogP) is 3.83. The number of nitrogens with zero attached hydrogens (tertiary/aromatic N) is 2. The van der Waals surface area contributed by atoms with Crippen molar-refractivity contribution in [3.63, 3.8) is 0 Å². The lowest BCUT2D eigenvalue weighted by molar-refractivity contribution is 0.716. The number of benzene rings is 1. The predicted molar refractivity (Wildman–Crippen MR) is 72.1 cm³/mol. The van der Waals surface area contributed by atoms with E-state index < -0.39 is 0 Å². The fraction of sp³-hybridized carbons (Fsp3) is 0.417. The first-order valence-corrected chi connectivity index (χ1v) is 6.53. The Kier molecular flexibility index (Phi) is 5.11. The molecule has 1 aromatic rings. The average Bonchev–Trinajstić information content (AvgIpc) is 2.28. The molecule has 0 aliphatic rings. The highest BCUT2D eigenvalue weighted by molar-refractivity contribution is 9.08. The SMILES string of the molecule is CC(C#N)CN(C)c1ccc(CBr)cc1Cl. The summed E-state index contributed by atoms with van der Waals surface area (Å²) >= 11 is 9.57. The lowest BCUT2D eigenvalue weighted by atomic mass is 10.1. The Balaban J connectivity index is 2.84. The van der Waals surface area contributed by atoms with Gasteiger partial charge >= 0.3 is 0 Å². The van der Waals surface area contributed by atoms with Crippen molar-refractivity contribution in [1.82, 2.24) is 0 Å². The lowest BCUT2D eigenvalue weighted by Gasteiger charge is -2.21. The van der Waals surface area contributed by atoms with Crippen molar-refractivity contribution in [2.75, 3.05) is 18.5 Å². The minimum absolute atomic E-state index is 0.00285. The Morgan fingerprint density at radius 1 is 1.56 bits per heavy atom. The van der Waals surface area contributed by atoms with Crippen LogP contribution in [-0.4, -0.2) is 13.6 Å². The number of nitriles is 1. The lowest BCUT2D eigenvalue weighted by Crippen LogP contribution is -2.23. The molecule has 0 aliphatic heterocycles. The maximum Gasteiger partial charge on any atom is 0.0671 e. The molecule has 0 saturated heterocycles. The van der Waals surface area contributed by atoms with Gasteiger partial charge in [-0.15, -0.1) is 0 Å². The quantitative estimate of drug-likeness (QED) is 0.790. The second kappa shape index (κ2) is 6.12. The summed E-state index contributed by atoms with van der Waals surface area (Å²) < 4.78 is 0. The molecule has 1 aromatic carbocycles. The van der Waals surface area contributed by atoms with Gasteiger partial charge in [0.05, 0.1) is 22.7 Å². The van der Waals surface area contributed by atoms with Crippen LogP contribution in [-0.2, 0) is 5.33 Å². The summed E-state index contributed by atoms with van der Waals surface area (Å²) in [6, 6.07) is 8.18. The molecule has 0 radical (unpaired) electrons. The molecule has 1 atom stereocenters. The molecule has 0 amide bonds. The summed E-state index contributed by atoms with van der Waals surface area (Å²) in [5.74, 6) is -0.00285. The van der Waals surface area contributed by atoms with E-state index >= 15 is 0 Å². The number of rotatable bonds is 4. The molecule has 0 bridgehead atoms. The van der Waals surface area contributed by atoms with Gasteiger partial charge in [0.1, 0.15) is 0 Å². The first-order chi connectivity index (χ1) is 7.58. The Bertz CT molecular complexity index is 400. The van der Waals surface area contributed by atoms with Crippen molar-refractivity contribution in [2.24, 2.45) is 5.92 Å². The van der Waals surface area contributed by atoms with Crippen LogP contribution in [0.25, 0.3) is 0 Å². The molecule has 0 aromatic heterocycles. The van der Waals surface area contributed by atoms with Crippen molar-refractivity contribution >= 4 is 33.2 Å². The van der Waals surface area contributed by atoms with Gasteiger partial charge in [0.2, 0.25) is 0 Å². The van der Waals surface area contributed by atoms with E-state index in [-0.39, 0.29) is 5.92 Å². The van der Waals surface area contributed by atoms with Gasteiger partial charge in [-0.3, -0.25) is 0 Å². The van der Waals surface area contributed by atoms with Crippen LogP contribution in [0.1, 0.15) is 12.5 Å². The molecule has 0 saturated carbocycles. The smallest absolute Gasteiger partial charge is 0.0671 e. The van der Waals surface area contributed by atoms with Crippen LogP contribution in [0.2, 0.25) is 5.02 Å². The second-order valence-corrected chi connectivity index (χ2v) is 4.80. The van der Waals surface area contributed by atoms with Crippen LogP contribution in [0.15, 0.2) is 18.2 Å². The van der Waals surface area contributed by atoms with Crippen LogP contribution in [0, 0.1) is 17.2 Å². The average molecular weight is 302 g/mol. The van der Waals surface area contributed by atoms with Crippen molar-refractivity contribution in [3.05, 3.63) is 28.8 Å². The van der Waals surface area contributed by atoms with Gasteiger partial charge in [-0.25, -0.2) is 0 Å². The van der Waals surface area contributed by atoms with Gasteiger partial charge in [0.25, 0.3) is 0 Å². The van der Waals surface area contributed by atoms with Crippen LogP contribution < -0.4 is 4.90 Å². The first-order valence-electron chi connectivity index (χ1n) is 5.03. The van der Waals surface area contributed by atoms with E-state index in [1.54, 1.807) is 0 Å². The topological polar surface area (TPSA) is 27.0 Å².